The van der Waals surface area contributed by atoms with E-state index >= 15 is 0 Å². The number of halogens is 2. The highest BCUT2D eigenvalue weighted by Crippen LogP contribution is 2.18. The second-order valence-electron chi connectivity index (χ2n) is 4.00. The van der Waals surface area contributed by atoms with Crippen LogP contribution in [0.25, 0.3) is 0 Å². The van der Waals surface area contributed by atoms with Crippen molar-refractivity contribution in [2.24, 2.45) is 0 Å². The predicted molar refractivity (Wildman–Crippen MR) is 67.8 cm³/mol. The van der Waals surface area contributed by atoms with Crippen molar-refractivity contribution < 1.29 is 9.59 Å². The minimum absolute atomic E-state index is 0.0132. The minimum atomic E-state index is -0.328. The largest absolute Gasteiger partial charge is 0.352 e. The molecule has 2 amide bonds. The molecule has 96 valence electrons. The third-order valence-electron chi connectivity index (χ3n) is 2.66. The average molecular weight is 288 g/mol. The van der Waals surface area contributed by atoms with Crippen molar-refractivity contribution in [2.75, 3.05) is 6.54 Å². The summed E-state index contributed by atoms with van der Waals surface area (Å²) in [4.78, 5) is 26.6. The van der Waals surface area contributed by atoms with Gasteiger partial charge in [-0.25, -0.2) is 4.98 Å². The number of amides is 2. The molecule has 2 rings (SSSR count). The fraction of sp³-hybridized carbons (Fsp3) is 0.364. The monoisotopic (exact) mass is 287 g/mol. The Morgan fingerprint density at radius 2 is 2.33 bits per heavy atom. The minimum Gasteiger partial charge on any atom is -0.352 e. The first kappa shape index (κ1) is 13.1. The molecule has 7 heteroatoms. The fourth-order valence-corrected chi connectivity index (χ4v) is 2.08. The Hall–Kier alpha value is -1.33. The van der Waals surface area contributed by atoms with Crippen LogP contribution in [-0.2, 0) is 4.79 Å². The molecular formula is C11H11Cl2N3O2. The van der Waals surface area contributed by atoms with Gasteiger partial charge in [0, 0.05) is 25.2 Å². The number of carbonyl (C=O) groups excluding carboxylic acids is 2. The van der Waals surface area contributed by atoms with Gasteiger partial charge >= 0.3 is 0 Å². The number of hydrogen-bond donors (Lipinski definition) is 2. The van der Waals surface area contributed by atoms with Crippen LogP contribution in [0.4, 0.5) is 0 Å². The maximum Gasteiger partial charge on any atom is 0.253 e. The van der Waals surface area contributed by atoms with Crippen LogP contribution in [0.15, 0.2) is 12.3 Å². The summed E-state index contributed by atoms with van der Waals surface area (Å²) < 4.78 is 0. The van der Waals surface area contributed by atoms with Crippen molar-refractivity contribution in [3.8, 4) is 0 Å². The number of aromatic nitrogens is 1. The lowest BCUT2D eigenvalue weighted by atomic mass is 10.2. The molecule has 1 aliphatic heterocycles. The van der Waals surface area contributed by atoms with E-state index in [1.54, 1.807) is 0 Å². The molecule has 0 radical (unpaired) electrons. The smallest absolute Gasteiger partial charge is 0.253 e. The molecule has 0 saturated carbocycles. The Morgan fingerprint density at radius 3 is 3.00 bits per heavy atom. The highest BCUT2D eigenvalue weighted by Gasteiger charge is 2.21. The zero-order valence-corrected chi connectivity index (χ0v) is 10.9. The van der Waals surface area contributed by atoms with Crippen LogP contribution >= 0.6 is 23.2 Å². The van der Waals surface area contributed by atoms with Crippen molar-refractivity contribution in [1.29, 1.82) is 0 Å². The van der Waals surface area contributed by atoms with Crippen LogP contribution in [0.2, 0.25) is 10.2 Å². The fourth-order valence-electron chi connectivity index (χ4n) is 1.73. The van der Waals surface area contributed by atoms with Crippen molar-refractivity contribution in [1.82, 2.24) is 15.6 Å². The van der Waals surface area contributed by atoms with Crippen LogP contribution in [0.3, 0.4) is 0 Å². The average Bonchev–Trinajstić information content (AvgIpc) is 2.75. The molecule has 0 aromatic carbocycles. The third-order valence-corrected chi connectivity index (χ3v) is 3.17. The van der Waals surface area contributed by atoms with Gasteiger partial charge in [-0.2, -0.15) is 0 Å². The molecule has 1 saturated heterocycles. The molecule has 1 aliphatic rings. The molecule has 1 aromatic heterocycles. The molecular weight excluding hydrogens is 277 g/mol. The first-order valence-electron chi connectivity index (χ1n) is 5.45. The van der Waals surface area contributed by atoms with E-state index < -0.39 is 0 Å². The highest BCUT2D eigenvalue weighted by molar-refractivity contribution is 6.35. The highest BCUT2D eigenvalue weighted by atomic mass is 35.5. The number of hydrogen-bond acceptors (Lipinski definition) is 3. The Balaban J connectivity index is 1.95. The summed E-state index contributed by atoms with van der Waals surface area (Å²) in [5.41, 5.74) is 0.279. The number of carbonyl (C=O) groups is 2. The molecule has 0 spiro atoms. The van der Waals surface area contributed by atoms with Gasteiger partial charge in [0.15, 0.2) is 0 Å². The third kappa shape index (κ3) is 3.11. The van der Waals surface area contributed by atoms with E-state index in [9.17, 15) is 9.59 Å². The quantitative estimate of drug-likeness (QED) is 0.826. The molecule has 1 atom stereocenters. The summed E-state index contributed by atoms with van der Waals surface area (Å²) in [6, 6.07) is 1.39. The van der Waals surface area contributed by atoms with Gasteiger partial charge in [-0.1, -0.05) is 23.2 Å². The molecule has 18 heavy (non-hydrogen) atoms. The van der Waals surface area contributed by atoms with Crippen LogP contribution < -0.4 is 10.6 Å². The SMILES string of the molecule is O=C1CCC(CNC(=O)c2cc(Cl)ncc2Cl)N1. The standard InChI is InChI=1S/C11H11Cl2N3O2/c12-8-5-14-9(13)3-7(8)11(18)15-4-6-1-2-10(17)16-6/h3,5-6H,1-2,4H2,(H,15,18)(H,16,17). The Morgan fingerprint density at radius 1 is 1.56 bits per heavy atom. The number of nitrogens with one attached hydrogen (secondary N) is 2. The van der Waals surface area contributed by atoms with Gasteiger partial charge in [0.05, 0.1) is 10.6 Å². The Bertz CT molecular complexity index is 493. The predicted octanol–water partition coefficient (Wildman–Crippen LogP) is 1.40. The summed E-state index contributed by atoms with van der Waals surface area (Å²) in [6.45, 7) is 0.376. The van der Waals surface area contributed by atoms with Gasteiger partial charge in [0.1, 0.15) is 5.15 Å². The van der Waals surface area contributed by atoms with Gasteiger partial charge in [-0.15, -0.1) is 0 Å². The first-order valence-corrected chi connectivity index (χ1v) is 6.20. The van der Waals surface area contributed by atoms with Crippen molar-refractivity contribution in [3.63, 3.8) is 0 Å². The van der Waals surface area contributed by atoms with Gasteiger partial charge in [0.2, 0.25) is 5.91 Å². The van der Waals surface area contributed by atoms with Crippen molar-refractivity contribution >= 4 is 35.0 Å². The summed E-state index contributed by atoms with van der Waals surface area (Å²) >= 11 is 11.6. The maximum absolute atomic E-state index is 11.9. The molecule has 1 unspecified atom stereocenters. The number of rotatable bonds is 3. The number of nitrogens with zero attached hydrogens (tertiary/aromatic N) is 1. The first-order chi connectivity index (χ1) is 8.56. The van der Waals surface area contributed by atoms with Crippen molar-refractivity contribution in [3.05, 3.63) is 28.0 Å². The van der Waals surface area contributed by atoms with Crippen LogP contribution in [0, 0.1) is 0 Å². The molecule has 1 fully saturated rings. The van der Waals surface area contributed by atoms with Gasteiger partial charge in [-0.3, -0.25) is 9.59 Å². The van der Waals surface area contributed by atoms with E-state index in [1.807, 2.05) is 0 Å². The lowest BCUT2D eigenvalue weighted by Crippen LogP contribution is -2.38. The zero-order valence-electron chi connectivity index (χ0n) is 9.37. The van der Waals surface area contributed by atoms with Crippen molar-refractivity contribution in [2.45, 2.75) is 18.9 Å². The molecule has 0 bridgehead atoms. The number of pyridine rings is 1. The normalized spacial score (nSPS) is 18.6. The van der Waals surface area contributed by atoms with Gasteiger partial charge < -0.3 is 10.6 Å². The van der Waals surface area contributed by atoms with E-state index in [-0.39, 0.29) is 33.6 Å². The van der Waals surface area contributed by atoms with E-state index in [0.717, 1.165) is 6.42 Å². The molecule has 5 nitrogen and oxygen atoms in total. The van der Waals surface area contributed by atoms with E-state index in [2.05, 4.69) is 15.6 Å². The summed E-state index contributed by atoms with van der Waals surface area (Å²) in [7, 11) is 0. The maximum atomic E-state index is 11.9. The lowest BCUT2D eigenvalue weighted by molar-refractivity contribution is -0.119. The summed E-state index contributed by atoms with van der Waals surface area (Å²) in [6.07, 6.45) is 2.56. The summed E-state index contributed by atoms with van der Waals surface area (Å²) in [5, 5.41) is 5.92. The van der Waals surface area contributed by atoms with Crippen LogP contribution in [-0.4, -0.2) is 29.4 Å². The molecule has 0 aliphatic carbocycles. The lowest BCUT2D eigenvalue weighted by Gasteiger charge is -2.11. The topological polar surface area (TPSA) is 71.1 Å². The summed E-state index contributed by atoms with van der Waals surface area (Å²) in [5.74, 6) is -0.315. The Kier molecular flexibility index (Phi) is 4.04. The van der Waals surface area contributed by atoms with E-state index in [0.29, 0.717) is 13.0 Å². The molecule has 2 N–H and O–H groups in total. The van der Waals surface area contributed by atoms with Crippen LogP contribution in [0.5, 0.6) is 0 Å². The van der Waals surface area contributed by atoms with Gasteiger partial charge in [-0.05, 0) is 12.5 Å². The van der Waals surface area contributed by atoms with E-state index in [4.69, 9.17) is 23.2 Å². The van der Waals surface area contributed by atoms with Gasteiger partial charge in [0.25, 0.3) is 5.91 Å². The van der Waals surface area contributed by atoms with E-state index in [1.165, 1.54) is 12.3 Å². The zero-order chi connectivity index (χ0) is 13.1. The molecule has 2 heterocycles. The molecule has 1 aromatic rings. The second kappa shape index (κ2) is 5.54. The Labute approximate surface area is 114 Å². The van der Waals surface area contributed by atoms with Crippen LogP contribution in [0.1, 0.15) is 23.2 Å². The second-order valence-corrected chi connectivity index (χ2v) is 4.79.